The summed E-state index contributed by atoms with van der Waals surface area (Å²) in [6, 6.07) is 9.02. The maximum Gasteiger partial charge on any atom is 0.170 e. The number of thioether (sulfide) groups is 1. The lowest BCUT2D eigenvalue weighted by molar-refractivity contribution is 0.464. The quantitative estimate of drug-likeness (QED) is 0.488. The molecule has 0 saturated carbocycles. The molecule has 1 heterocycles. The molecule has 1 aliphatic heterocycles. The largest absolute Gasteiger partial charge is 0.352 e. The topological polar surface area (TPSA) is 51.4 Å². The number of nitrogens with one attached hydrogen (secondary N) is 1. The van der Waals surface area contributed by atoms with Crippen LogP contribution in [-0.2, 0) is 0 Å². The third kappa shape index (κ3) is 4.72. The third-order valence-electron chi connectivity index (χ3n) is 2.98. The first-order valence-corrected chi connectivity index (χ1v) is 8.78. The van der Waals surface area contributed by atoms with Gasteiger partial charge in [0.15, 0.2) is 5.84 Å². The Morgan fingerprint density at radius 3 is 2.36 bits per heavy atom. The number of rotatable bonds is 3. The smallest absolute Gasteiger partial charge is 0.170 e. The number of amidine groups is 1. The first-order chi connectivity index (χ1) is 10.6. The molecule has 1 aromatic carbocycles. The summed E-state index contributed by atoms with van der Waals surface area (Å²) < 4.78 is -0.0136. The molecule has 1 fully saturated rings. The number of benzene rings is 1. The number of hydrogen-bond acceptors (Lipinski definition) is 4. The molecule has 2 rings (SSSR count). The maximum atomic E-state index is 8.79. The maximum absolute atomic E-state index is 8.79. The Balaban J connectivity index is 2.19. The predicted molar refractivity (Wildman–Crippen MR) is 95.7 cm³/mol. The van der Waals surface area contributed by atoms with Crippen LogP contribution in [0.5, 0.6) is 0 Å². The molecule has 4 nitrogen and oxygen atoms in total. The van der Waals surface area contributed by atoms with E-state index in [1.165, 1.54) is 0 Å². The van der Waals surface area contributed by atoms with Gasteiger partial charge in [0.1, 0.15) is 9.52 Å². The van der Waals surface area contributed by atoms with Crippen molar-refractivity contribution >= 4 is 58.1 Å². The predicted octanol–water partition coefficient (Wildman–Crippen LogP) is 4.22. The van der Waals surface area contributed by atoms with Crippen molar-refractivity contribution in [3.05, 3.63) is 39.4 Å². The number of nitrogens with zero attached hydrogens (tertiary/aromatic N) is 3. The van der Waals surface area contributed by atoms with Crippen molar-refractivity contribution in [3.8, 4) is 6.07 Å². The average molecular weight is 376 g/mol. The van der Waals surface area contributed by atoms with E-state index in [1.54, 1.807) is 24.3 Å². The standard InChI is InChI=1S/C14H13Cl3N4S/c15-12(13(16)17)14(21-5-7-22-8-6-21)20-19-11-3-1-10(9-18)2-4-11/h1-4,19H,5-8H2/b20-14+. The number of anilines is 1. The van der Waals surface area contributed by atoms with Gasteiger partial charge in [0.25, 0.3) is 0 Å². The minimum Gasteiger partial charge on any atom is -0.352 e. The van der Waals surface area contributed by atoms with E-state index in [1.807, 2.05) is 16.7 Å². The molecule has 0 spiro atoms. The zero-order valence-corrected chi connectivity index (χ0v) is 14.6. The summed E-state index contributed by atoms with van der Waals surface area (Å²) in [6.07, 6.45) is 0. The van der Waals surface area contributed by atoms with Crippen LogP contribution in [-0.4, -0.2) is 35.3 Å². The van der Waals surface area contributed by atoms with Crippen LogP contribution in [0.1, 0.15) is 5.56 Å². The Labute approximate surface area is 148 Å². The van der Waals surface area contributed by atoms with Crippen LogP contribution in [0.25, 0.3) is 0 Å². The highest BCUT2D eigenvalue weighted by Crippen LogP contribution is 2.23. The normalized spacial score (nSPS) is 15.2. The fraction of sp³-hybridized carbons (Fsp3) is 0.286. The molecule has 0 radical (unpaired) electrons. The molecular formula is C14H13Cl3N4S. The van der Waals surface area contributed by atoms with Crippen LogP contribution >= 0.6 is 46.6 Å². The second-order valence-corrected chi connectivity index (χ2v) is 6.96. The van der Waals surface area contributed by atoms with Crippen molar-refractivity contribution in [1.29, 1.82) is 5.26 Å². The summed E-state index contributed by atoms with van der Waals surface area (Å²) in [5.41, 5.74) is 4.26. The van der Waals surface area contributed by atoms with Crippen LogP contribution in [0, 0.1) is 11.3 Å². The summed E-state index contributed by atoms with van der Waals surface area (Å²) in [6.45, 7) is 1.66. The van der Waals surface area contributed by atoms with Gasteiger partial charge in [0.05, 0.1) is 17.3 Å². The Bertz CT molecular complexity index is 612. The number of nitriles is 1. The summed E-state index contributed by atoms with van der Waals surface area (Å²) in [5, 5.41) is 13.3. The van der Waals surface area contributed by atoms with E-state index in [0.29, 0.717) is 11.4 Å². The Hall–Kier alpha value is -1.06. The molecule has 1 aromatic rings. The van der Waals surface area contributed by atoms with E-state index in [9.17, 15) is 0 Å². The summed E-state index contributed by atoms with van der Waals surface area (Å²) in [4.78, 5) is 2.04. The highest BCUT2D eigenvalue weighted by molar-refractivity contribution is 7.99. The molecule has 0 atom stereocenters. The van der Waals surface area contributed by atoms with Gasteiger partial charge in [0.2, 0.25) is 0 Å². The SMILES string of the molecule is N#Cc1ccc(N/N=C(\C(Cl)=C(Cl)Cl)N2CCSCC2)cc1. The summed E-state index contributed by atoms with van der Waals surface area (Å²) >= 11 is 19.7. The van der Waals surface area contributed by atoms with Crippen LogP contribution in [0.4, 0.5) is 5.69 Å². The Morgan fingerprint density at radius 1 is 1.18 bits per heavy atom. The minimum absolute atomic E-state index is 0.0136. The van der Waals surface area contributed by atoms with Gasteiger partial charge in [-0.15, -0.1) is 0 Å². The molecule has 1 N–H and O–H groups in total. The first kappa shape index (κ1) is 17.3. The Kier molecular flexibility index (Phi) is 6.71. The molecule has 116 valence electrons. The van der Waals surface area contributed by atoms with Crippen LogP contribution < -0.4 is 5.43 Å². The highest BCUT2D eigenvalue weighted by Gasteiger charge is 2.20. The zero-order valence-electron chi connectivity index (χ0n) is 11.5. The monoisotopic (exact) mass is 374 g/mol. The van der Waals surface area contributed by atoms with Crippen molar-refractivity contribution in [1.82, 2.24) is 4.90 Å². The molecule has 0 amide bonds. The first-order valence-electron chi connectivity index (χ1n) is 6.49. The highest BCUT2D eigenvalue weighted by atomic mass is 35.5. The number of halogens is 3. The lowest BCUT2D eigenvalue weighted by atomic mass is 10.2. The van der Waals surface area contributed by atoms with Gasteiger partial charge in [-0.2, -0.15) is 22.1 Å². The average Bonchev–Trinajstić information content (AvgIpc) is 2.56. The van der Waals surface area contributed by atoms with Gasteiger partial charge in [-0.3, -0.25) is 5.43 Å². The molecule has 1 aliphatic rings. The van der Waals surface area contributed by atoms with Gasteiger partial charge >= 0.3 is 0 Å². The van der Waals surface area contributed by atoms with E-state index in [2.05, 4.69) is 16.6 Å². The zero-order chi connectivity index (χ0) is 15.9. The fourth-order valence-electron chi connectivity index (χ4n) is 1.86. The number of hydrazone groups is 1. The molecule has 0 aromatic heterocycles. The van der Waals surface area contributed by atoms with Crippen molar-refractivity contribution in [3.63, 3.8) is 0 Å². The Morgan fingerprint density at radius 2 is 1.82 bits per heavy atom. The van der Waals surface area contributed by atoms with E-state index >= 15 is 0 Å². The summed E-state index contributed by atoms with van der Waals surface area (Å²) in [7, 11) is 0. The molecule has 0 aliphatic carbocycles. The molecule has 8 heteroatoms. The second kappa shape index (κ2) is 8.54. The van der Waals surface area contributed by atoms with Crippen LogP contribution in [0.2, 0.25) is 0 Å². The lowest BCUT2D eigenvalue weighted by Gasteiger charge is -2.29. The van der Waals surface area contributed by atoms with Crippen LogP contribution in [0.3, 0.4) is 0 Å². The van der Waals surface area contributed by atoms with E-state index in [0.717, 1.165) is 30.3 Å². The van der Waals surface area contributed by atoms with Crippen LogP contribution in [0.15, 0.2) is 38.9 Å². The second-order valence-electron chi connectivity index (χ2n) is 4.41. The summed E-state index contributed by atoms with van der Waals surface area (Å²) in [5.74, 6) is 2.52. The van der Waals surface area contributed by atoms with Crippen molar-refractivity contribution in [2.75, 3.05) is 30.0 Å². The van der Waals surface area contributed by atoms with Gasteiger partial charge in [-0.05, 0) is 24.3 Å². The molecular weight excluding hydrogens is 363 g/mol. The van der Waals surface area contributed by atoms with Gasteiger partial charge in [0, 0.05) is 24.6 Å². The lowest BCUT2D eigenvalue weighted by Crippen LogP contribution is -2.38. The minimum atomic E-state index is -0.0136. The van der Waals surface area contributed by atoms with Crippen molar-refractivity contribution in [2.24, 2.45) is 5.10 Å². The van der Waals surface area contributed by atoms with Gasteiger partial charge in [-0.1, -0.05) is 34.8 Å². The van der Waals surface area contributed by atoms with Gasteiger partial charge < -0.3 is 4.90 Å². The molecule has 0 bridgehead atoms. The van der Waals surface area contributed by atoms with E-state index < -0.39 is 0 Å². The molecule has 1 saturated heterocycles. The fourth-order valence-corrected chi connectivity index (χ4v) is 3.09. The van der Waals surface area contributed by atoms with E-state index in [-0.39, 0.29) is 9.52 Å². The van der Waals surface area contributed by atoms with Gasteiger partial charge in [-0.25, -0.2) is 0 Å². The molecule has 22 heavy (non-hydrogen) atoms. The third-order valence-corrected chi connectivity index (χ3v) is 4.85. The van der Waals surface area contributed by atoms with E-state index in [4.69, 9.17) is 40.1 Å². The van der Waals surface area contributed by atoms with Crippen molar-refractivity contribution in [2.45, 2.75) is 0 Å². The number of hydrogen-bond donors (Lipinski definition) is 1. The molecule has 0 unspecified atom stereocenters. The van der Waals surface area contributed by atoms with Crippen molar-refractivity contribution < 1.29 is 0 Å².